The van der Waals surface area contributed by atoms with Crippen LogP contribution in [-0.4, -0.2) is 19.1 Å². The Kier molecular flexibility index (Phi) is 6.09. The highest BCUT2D eigenvalue weighted by Gasteiger charge is 2.30. The maximum absolute atomic E-state index is 12.6. The number of nitrogens with one attached hydrogen (secondary N) is 1. The molecule has 2 rings (SSSR count). The molecule has 0 bridgehead atoms. The molecule has 0 atom stereocenters. The predicted octanol–water partition coefficient (Wildman–Crippen LogP) is 4.10. The van der Waals surface area contributed by atoms with Gasteiger partial charge >= 0.3 is 6.18 Å². The lowest BCUT2D eigenvalue weighted by Gasteiger charge is -2.10. The summed E-state index contributed by atoms with van der Waals surface area (Å²) >= 11 is 5.75. The molecule has 0 saturated heterocycles. The lowest BCUT2D eigenvalue weighted by molar-refractivity contribution is -0.137. The van der Waals surface area contributed by atoms with Gasteiger partial charge in [0.2, 0.25) is 5.91 Å². The molecule has 2 aromatic carbocycles. The molecule has 0 aliphatic carbocycles. The zero-order valence-electron chi connectivity index (χ0n) is 12.6. The van der Waals surface area contributed by atoms with Gasteiger partial charge in [-0.15, -0.1) is 0 Å². The zero-order chi connectivity index (χ0) is 17.6. The van der Waals surface area contributed by atoms with Crippen molar-refractivity contribution in [3.05, 3.63) is 64.7 Å². The van der Waals surface area contributed by atoms with E-state index in [0.717, 1.165) is 12.1 Å². The van der Waals surface area contributed by atoms with E-state index < -0.39 is 11.7 Å². The molecular weight excluding hydrogens is 343 g/mol. The van der Waals surface area contributed by atoms with Crippen LogP contribution in [0.5, 0.6) is 5.75 Å². The predicted molar refractivity (Wildman–Crippen MR) is 85.1 cm³/mol. The van der Waals surface area contributed by atoms with Gasteiger partial charge in [0.1, 0.15) is 12.4 Å². The van der Waals surface area contributed by atoms with Gasteiger partial charge in [0.25, 0.3) is 0 Å². The Morgan fingerprint density at radius 2 is 1.83 bits per heavy atom. The Labute approximate surface area is 142 Å². The Morgan fingerprint density at radius 1 is 1.12 bits per heavy atom. The summed E-state index contributed by atoms with van der Waals surface area (Å²) in [5.41, 5.74) is -0.459. The van der Waals surface area contributed by atoms with Gasteiger partial charge < -0.3 is 10.1 Å². The maximum Gasteiger partial charge on any atom is 0.416 e. The third kappa shape index (κ3) is 5.77. The van der Waals surface area contributed by atoms with E-state index in [1.807, 2.05) is 0 Å². The van der Waals surface area contributed by atoms with Gasteiger partial charge in [-0.3, -0.25) is 4.79 Å². The van der Waals surface area contributed by atoms with Crippen molar-refractivity contribution in [2.45, 2.75) is 12.6 Å². The van der Waals surface area contributed by atoms with Crippen LogP contribution in [0.4, 0.5) is 13.2 Å². The van der Waals surface area contributed by atoms with Crippen LogP contribution < -0.4 is 10.1 Å². The summed E-state index contributed by atoms with van der Waals surface area (Å²) in [6.45, 7) is 0.496. The normalized spacial score (nSPS) is 11.2. The lowest BCUT2D eigenvalue weighted by atomic mass is 10.1. The molecule has 24 heavy (non-hydrogen) atoms. The molecule has 0 aliphatic rings. The quantitative estimate of drug-likeness (QED) is 0.791. The van der Waals surface area contributed by atoms with E-state index >= 15 is 0 Å². The smallest absolute Gasteiger partial charge is 0.416 e. The second kappa shape index (κ2) is 8.06. The first-order valence-electron chi connectivity index (χ1n) is 7.16. The van der Waals surface area contributed by atoms with Crippen molar-refractivity contribution in [2.75, 3.05) is 13.2 Å². The van der Waals surface area contributed by atoms with Gasteiger partial charge in [-0.25, -0.2) is 0 Å². The van der Waals surface area contributed by atoms with Crippen molar-refractivity contribution in [1.82, 2.24) is 5.32 Å². The molecule has 0 aromatic heterocycles. The van der Waals surface area contributed by atoms with Crippen LogP contribution in [0.2, 0.25) is 5.02 Å². The maximum atomic E-state index is 12.6. The third-order valence-electron chi connectivity index (χ3n) is 3.13. The number of ether oxygens (including phenoxy) is 1. The number of carbonyl (C=O) groups excluding carboxylic acids is 1. The first-order chi connectivity index (χ1) is 11.3. The SMILES string of the molecule is O=C(Cc1cccc(C(F)(F)F)c1)NCCOc1ccc(Cl)cc1. The molecule has 0 aliphatic heterocycles. The van der Waals surface area contributed by atoms with Gasteiger partial charge in [-0.2, -0.15) is 13.2 Å². The monoisotopic (exact) mass is 357 g/mol. The Morgan fingerprint density at radius 3 is 2.50 bits per heavy atom. The minimum atomic E-state index is -4.42. The van der Waals surface area contributed by atoms with Crippen LogP contribution in [0.25, 0.3) is 0 Å². The highest BCUT2D eigenvalue weighted by Crippen LogP contribution is 2.29. The van der Waals surface area contributed by atoms with Gasteiger partial charge in [-0.1, -0.05) is 29.8 Å². The van der Waals surface area contributed by atoms with Crippen LogP contribution in [0.3, 0.4) is 0 Å². The molecule has 0 spiro atoms. The minimum Gasteiger partial charge on any atom is -0.492 e. The van der Waals surface area contributed by atoms with Crippen molar-refractivity contribution in [2.24, 2.45) is 0 Å². The molecule has 0 unspecified atom stereocenters. The van der Waals surface area contributed by atoms with Crippen LogP contribution >= 0.6 is 11.6 Å². The number of hydrogen-bond acceptors (Lipinski definition) is 2. The molecule has 1 amide bonds. The van der Waals surface area contributed by atoms with Crippen molar-refractivity contribution in [3.63, 3.8) is 0 Å². The number of hydrogen-bond donors (Lipinski definition) is 1. The molecule has 0 saturated carbocycles. The summed E-state index contributed by atoms with van der Waals surface area (Å²) in [7, 11) is 0. The van der Waals surface area contributed by atoms with Gasteiger partial charge in [0, 0.05) is 5.02 Å². The summed E-state index contributed by atoms with van der Waals surface area (Å²) in [6, 6.07) is 11.5. The molecule has 1 N–H and O–H groups in total. The fraction of sp³-hybridized carbons (Fsp3) is 0.235. The average Bonchev–Trinajstić information content (AvgIpc) is 2.53. The summed E-state index contributed by atoms with van der Waals surface area (Å²) in [6.07, 6.45) is -4.54. The Bertz CT molecular complexity index is 687. The van der Waals surface area contributed by atoms with Crippen LogP contribution in [0.1, 0.15) is 11.1 Å². The molecule has 0 radical (unpaired) electrons. The molecular formula is C17H15ClF3NO2. The van der Waals surface area contributed by atoms with E-state index in [-0.39, 0.29) is 25.5 Å². The molecule has 0 fully saturated rings. The average molecular weight is 358 g/mol. The van der Waals surface area contributed by atoms with E-state index in [1.165, 1.54) is 12.1 Å². The lowest BCUT2D eigenvalue weighted by Crippen LogP contribution is -2.29. The Hall–Kier alpha value is -2.21. The van der Waals surface area contributed by atoms with Crippen LogP contribution in [0.15, 0.2) is 48.5 Å². The van der Waals surface area contributed by atoms with Crippen LogP contribution in [-0.2, 0) is 17.4 Å². The van der Waals surface area contributed by atoms with Crippen molar-refractivity contribution < 1.29 is 22.7 Å². The minimum absolute atomic E-state index is 0.120. The second-order valence-electron chi connectivity index (χ2n) is 5.03. The van der Waals surface area contributed by atoms with E-state index in [4.69, 9.17) is 16.3 Å². The number of rotatable bonds is 6. The fourth-order valence-electron chi connectivity index (χ4n) is 2.00. The van der Waals surface area contributed by atoms with E-state index in [1.54, 1.807) is 24.3 Å². The Balaban J connectivity index is 1.76. The second-order valence-corrected chi connectivity index (χ2v) is 5.46. The number of carbonyl (C=O) groups is 1. The van der Waals surface area contributed by atoms with Gasteiger partial charge in [0.15, 0.2) is 0 Å². The molecule has 3 nitrogen and oxygen atoms in total. The fourth-order valence-corrected chi connectivity index (χ4v) is 2.12. The molecule has 7 heteroatoms. The van der Waals surface area contributed by atoms with E-state index in [2.05, 4.69) is 5.32 Å². The number of benzene rings is 2. The standard InChI is InChI=1S/C17H15ClF3NO2/c18-14-4-6-15(7-5-14)24-9-8-22-16(23)11-12-2-1-3-13(10-12)17(19,20)21/h1-7,10H,8-9,11H2,(H,22,23). The van der Waals surface area contributed by atoms with Crippen molar-refractivity contribution in [1.29, 1.82) is 0 Å². The van der Waals surface area contributed by atoms with Crippen molar-refractivity contribution in [3.8, 4) is 5.75 Å². The molecule has 128 valence electrons. The van der Waals surface area contributed by atoms with Gasteiger partial charge in [0.05, 0.1) is 18.5 Å². The first kappa shape index (κ1) is 18.1. The topological polar surface area (TPSA) is 38.3 Å². The number of halogens is 4. The molecule has 0 heterocycles. The third-order valence-corrected chi connectivity index (χ3v) is 3.38. The number of alkyl halides is 3. The van der Waals surface area contributed by atoms with E-state index in [0.29, 0.717) is 16.3 Å². The van der Waals surface area contributed by atoms with E-state index in [9.17, 15) is 18.0 Å². The highest BCUT2D eigenvalue weighted by atomic mass is 35.5. The van der Waals surface area contributed by atoms with Crippen molar-refractivity contribution >= 4 is 17.5 Å². The first-order valence-corrected chi connectivity index (χ1v) is 7.53. The summed E-state index contributed by atoms with van der Waals surface area (Å²) < 4.78 is 43.2. The largest absolute Gasteiger partial charge is 0.492 e. The van der Waals surface area contributed by atoms with Crippen LogP contribution in [0, 0.1) is 0 Å². The molecule has 2 aromatic rings. The summed E-state index contributed by atoms with van der Waals surface area (Å²) in [4.78, 5) is 11.8. The highest BCUT2D eigenvalue weighted by molar-refractivity contribution is 6.30. The summed E-state index contributed by atoms with van der Waals surface area (Å²) in [5, 5.41) is 3.19. The number of amides is 1. The summed E-state index contributed by atoms with van der Waals surface area (Å²) in [5.74, 6) is 0.251. The zero-order valence-corrected chi connectivity index (χ0v) is 13.3. The van der Waals surface area contributed by atoms with Gasteiger partial charge in [-0.05, 0) is 35.9 Å².